The van der Waals surface area contributed by atoms with E-state index in [0.717, 1.165) is 5.69 Å². The summed E-state index contributed by atoms with van der Waals surface area (Å²) in [5.41, 5.74) is 7.30. The average Bonchev–Trinajstić information content (AvgIpc) is 2.49. The van der Waals surface area contributed by atoms with E-state index in [1.165, 1.54) is 0 Å². The van der Waals surface area contributed by atoms with Crippen LogP contribution in [0.2, 0.25) is 0 Å². The molecule has 2 heterocycles. The zero-order valence-electron chi connectivity index (χ0n) is 8.68. The number of hydrogen-bond acceptors (Lipinski definition) is 4. The van der Waals surface area contributed by atoms with E-state index in [0.29, 0.717) is 18.5 Å². The molecule has 0 aromatic carbocycles. The highest BCUT2D eigenvalue weighted by atomic mass is 32.2. The predicted octanol–water partition coefficient (Wildman–Crippen LogP) is 0.523. The molecule has 0 atom stereocenters. The number of nitrogens with two attached hydrogens (primary N) is 1. The average molecular weight is 229 g/mol. The second kappa shape index (κ2) is 3.52. The number of rotatable bonds is 1. The van der Waals surface area contributed by atoms with Gasteiger partial charge < -0.3 is 5.73 Å². The molecule has 1 saturated heterocycles. The standard InChI is InChI=1S/C9H15N3O2S/c1-7-9(10)6-11-12(7)8-2-4-15(13,14)5-3-8/h6,8H,2-5,10H2,1H3. The Balaban J connectivity index is 2.18. The quantitative estimate of drug-likeness (QED) is 0.761. The summed E-state index contributed by atoms with van der Waals surface area (Å²) in [5, 5.41) is 4.18. The summed E-state index contributed by atoms with van der Waals surface area (Å²) < 4.78 is 24.4. The lowest BCUT2D eigenvalue weighted by Crippen LogP contribution is -2.26. The fourth-order valence-corrected chi connectivity index (χ4v) is 3.39. The van der Waals surface area contributed by atoms with Crippen molar-refractivity contribution in [2.45, 2.75) is 25.8 Å². The van der Waals surface area contributed by atoms with Gasteiger partial charge in [0, 0.05) is 0 Å². The molecule has 2 rings (SSSR count). The van der Waals surface area contributed by atoms with Crippen molar-refractivity contribution in [2.24, 2.45) is 0 Å². The number of nitrogen functional groups attached to an aromatic ring is 1. The number of sulfone groups is 1. The molecule has 0 unspecified atom stereocenters. The minimum Gasteiger partial charge on any atom is -0.396 e. The molecule has 0 bridgehead atoms. The Morgan fingerprint density at radius 3 is 2.53 bits per heavy atom. The molecule has 1 aliphatic heterocycles. The summed E-state index contributed by atoms with van der Waals surface area (Å²) in [6.07, 6.45) is 2.91. The van der Waals surface area contributed by atoms with E-state index < -0.39 is 9.84 Å². The van der Waals surface area contributed by atoms with E-state index in [2.05, 4.69) is 5.10 Å². The first-order valence-electron chi connectivity index (χ1n) is 4.99. The first kappa shape index (κ1) is 10.5. The van der Waals surface area contributed by atoms with Gasteiger partial charge in [-0.2, -0.15) is 5.10 Å². The largest absolute Gasteiger partial charge is 0.396 e. The lowest BCUT2D eigenvalue weighted by atomic mass is 10.1. The molecule has 84 valence electrons. The van der Waals surface area contributed by atoms with Crippen LogP contribution in [-0.2, 0) is 9.84 Å². The molecule has 0 amide bonds. The van der Waals surface area contributed by atoms with Crippen LogP contribution in [0.15, 0.2) is 6.20 Å². The molecule has 1 aromatic rings. The Morgan fingerprint density at radius 2 is 2.07 bits per heavy atom. The fraction of sp³-hybridized carbons (Fsp3) is 0.667. The monoisotopic (exact) mass is 229 g/mol. The zero-order chi connectivity index (χ0) is 11.1. The van der Waals surface area contributed by atoms with Gasteiger partial charge in [-0.25, -0.2) is 8.42 Å². The van der Waals surface area contributed by atoms with E-state index in [9.17, 15) is 8.42 Å². The third-order valence-corrected chi connectivity index (χ3v) is 4.67. The third kappa shape index (κ3) is 1.99. The van der Waals surface area contributed by atoms with Crippen LogP contribution < -0.4 is 5.73 Å². The number of hydrogen-bond donors (Lipinski definition) is 1. The van der Waals surface area contributed by atoms with Crippen LogP contribution in [0.4, 0.5) is 5.69 Å². The minimum absolute atomic E-state index is 0.186. The van der Waals surface area contributed by atoms with E-state index >= 15 is 0 Å². The number of nitrogens with zero attached hydrogens (tertiary/aromatic N) is 2. The summed E-state index contributed by atoms with van der Waals surface area (Å²) in [4.78, 5) is 0. The first-order valence-corrected chi connectivity index (χ1v) is 6.82. The fourth-order valence-electron chi connectivity index (χ4n) is 1.93. The molecule has 1 aliphatic rings. The van der Waals surface area contributed by atoms with Gasteiger partial charge >= 0.3 is 0 Å². The van der Waals surface area contributed by atoms with Crippen LogP contribution in [-0.4, -0.2) is 29.7 Å². The second-order valence-corrected chi connectivity index (χ2v) is 6.32. The Bertz CT molecular complexity index is 450. The summed E-state index contributed by atoms with van der Waals surface area (Å²) in [6, 6.07) is 0.186. The van der Waals surface area contributed by atoms with Crippen molar-refractivity contribution in [3.8, 4) is 0 Å². The van der Waals surface area contributed by atoms with E-state index in [1.807, 2.05) is 11.6 Å². The maximum absolute atomic E-state index is 11.3. The van der Waals surface area contributed by atoms with E-state index in [1.54, 1.807) is 6.20 Å². The molecule has 0 radical (unpaired) electrons. The van der Waals surface area contributed by atoms with Gasteiger partial charge in [-0.15, -0.1) is 0 Å². The van der Waals surface area contributed by atoms with Crippen LogP contribution in [0.25, 0.3) is 0 Å². The molecule has 2 N–H and O–H groups in total. The highest BCUT2D eigenvalue weighted by molar-refractivity contribution is 7.91. The van der Waals surface area contributed by atoms with Gasteiger partial charge in [0.15, 0.2) is 0 Å². The Kier molecular flexibility index (Phi) is 2.46. The van der Waals surface area contributed by atoms with Crippen LogP contribution in [0.5, 0.6) is 0 Å². The minimum atomic E-state index is -2.80. The van der Waals surface area contributed by atoms with Gasteiger partial charge in [-0.3, -0.25) is 4.68 Å². The maximum atomic E-state index is 11.3. The van der Waals surface area contributed by atoms with Gasteiger partial charge in [-0.1, -0.05) is 0 Å². The molecule has 15 heavy (non-hydrogen) atoms. The van der Waals surface area contributed by atoms with Crippen LogP contribution in [0.1, 0.15) is 24.6 Å². The lowest BCUT2D eigenvalue weighted by Gasteiger charge is -2.23. The van der Waals surface area contributed by atoms with Crippen molar-refractivity contribution in [1.29, 1.82) is 0 Å². The van der Waals surface area contributed by atoms with Gasteiger partial charge in [-0.05, 0) is 19.8 Å². The SMILES string of the molecule is Cc1c(N)cnn1C1CCS(=O)(=O)CC1. The summed E-state index contributed by atoms with van der Waals surface area (Å²) in [7, 11) is -2.80. The zero-order valence-corrected chi connectivity index (χ0v) is 9.50. The molecular formula is C9H15N3O2S. The van der Waals surface area contributed by atoms with Gasteiger partial charge in [0.25, 0.3) is 0 Å². The molecule has 5 nitrogen and oxygen atoms in total. The molecular weight excluding hydrogens is 214 g/mol. The van der Waals surface area contributed by atoms with Crippen LogP contribution >= 0.6 is 0 Å². The molecule has 1 aromatic heterocycles. The highest BCUT2D eigenvalue weighted by Gasteiger charge is 2.26. The number of aromatic nitrogens is 2. The predicted molar refractivity (Wildman–Crippen MR) is 58.3 cm³/mol. The third-order valence-electron chi connectivity index (χ3n) is 2.95. The molecule has 6 heteroatoms. The Hall–Kier alpha value is -1.04. The van der Waals surface area contributed by atoms with Crippen LogP contribution in [0.3, 0.4) is 0 Å². The first-order chi connectivity index (χ1) is 6.99. The molecule has 0 aliphatic carbocycles. The normalized spacial score (nSPS) is 21.7. The Labute approximate surface area is 89.2 Å². The molecule has 0 spiro atoms. The molecule has 1 fully saturated rings. The summed E-state index contributed by atoms with van der Waals surface area (Å²) in [5.74, 6) is 0.522. The van der Waals surface area contributed by atoms with Crippen molar-refractivity contribution >= 4 is 15.5 Å². The van der Waals surface area contributed by atoms with Gasteiger partial charge in [0.2, 0.25) is 0 Å². The smallest absolute Gasteiger partial charge is 0.150 e. The lowest BCUT2D eigenvalue weighted by molar-refractivity contribution is 0.406. The van der Waals surface area contributed by atoms with Crippen molar-refractivity contribution in [1.82, 2.24) is 9.78 Å². The molecule has 0 saturated carbocycles. The van der Waals surface area contributed by atoms with Gasteiger partial charge in [0.05, 0.1) is 35.1 Å². The van der Waals surface area contributed by atoms with Crippen molar-refractivity contribution in [3.05, 3.63) is 11.9 Å². The van der Waals surface area contributed by atoms with Crippen molar-refractivity contribution < 1.29 is 8.42 Å². The van der Waals surface area contributed by atoms with E-state index in [4.69, 9.17) is 5.73 Å². The topological polar surface area (TPSA) is 78.0 Å². The Morgan fingerprint density at radius 1 is 1.47 bits per heavy atom. The van der Waals surface area contributed by atoms with Crippen molar-refractivity contribution in [3.63, 3.8) is 0 Å². The highest BCUT2D eigenvalue weighted by Crippen LogP contribution is 2.25. The maximum Gasteiger partial charge on any atom is 0.150 e. The van der Waals surface area contributed by atoms with E-state index in [-0.39, 0.29) is 17.5 Å². The van der Waals surface area contributed by atoms with Gasteiger partial charge in [0.1, 0.15) is 9.84 Å². The summed E-state index contributed by atoms with van der Waals surface area (Å²) >= 11 is 0. The van der Waals surface area contributed by atoms with Crippen molar-refractivity contribution in [2.75, 3.05) is 17.2 Å². The number of anilines is 1. The van der Waals surface area contributed by atoms with Crippen LogP contribution in [0, 0.1) is 6.92 Å². The second-order valence-electron chi connectivity index (χ2n) is 4.01. The summed E-state index contributed by atoms with van der Waals surface area (Å²) in [6.45, 7) is 1.91.